The molecule has 0 aromatic carbocycles. The average molecular weight is 520 g/mol. The van der Waals surface area contributed by atoms with Crippen molar-refractivity contribution in [1.29, 1.82) is 0 Å². The van der Waals surface area contributed by atoms with Crippen LogP contribution in [0.4, 0.5) is 5.00 Å². The molecular formula is C22H25N5O6S2. The number of thioether (sulfide) groups is 1. The normalized spacial score (nSPS) is 15.3. The van der Waals surface area contributed by atoms with Crippen molar-refractivity contribution in [1.82, 2.24) is 14.8 Å². The molecule has 186 valence electrons. The van der Waals surface area contributed by atoms with Crippen molar-refractivity contribution in [3.05, 3.63) is 34.4 Å². The van der Waals surface area contributed by atoms with E-state index in [-0.39, 0.29) is 39.8 Å². The highest BCUT2D eigenvalue weighted by Gasteiger charge is 2.27. The third-order valence-corrected chi connectivity index (χ3v) is 7.49. The molecule has 3 N–H and O–H groups in total. The molecule has 0 radical (unpaired) electrons. The Morgan fingerprint density at radius 1 is 1.37 bits per heavy atom. The van der Waals surface area contributed by atoms with Crippen LogP contribution in [0.5, 0.6) is 0 Å². The molecule has 1 unspecified atom stereocenters. The van der Waals surface area contributed by atoms with Gasteiger partial charge in [-0.3, -0.25) is 14.2 Å². The molecule has 1 atom stereocenters. The molecule has 2 amide bonds. The molecule has 1 fully saturated rings. The number of thiophene rings is 1. The van der Waals surface area contributed by atoms with Crippen LogP contribution < -0.4 is 11.1 Å². The van der Waals surface area contributed by atoms with Crippen LogP contribution in [0.1, 0.15) is 45.4 Å². The van der Waals surface area contributed by atoms with E-state index in [9.17, 15) is 14.4 Å². The molecule has 4 rings (SSSR count). The van der Waals surface area contributed by atoms with Gasteiger partial charge in [-0.05, 0) is 44.4 Å². The first-order chi connectivity index (χ1) is 16.9. The Balaban J connectivity index is 1.51. The van der Waals surface area contributed by atoms with E-state index < -0.39 is 11.9 Å². The molecule has 0 bridgehead atoms. The van der Waals surface area contributed by atoms with Crippen LogP contribution in [0.2, 0.25) is 0 Å². The first-order valence-corrected chi connectivity index (χ1v) is 12.8. The summed E-state index contributed by atoms with van der Waals surface area (Å²) in [6, 6.07) is 3.56. The maximum Gasteiger partial charge on any atom is 0.341 e. The Labute approximate surface area is 209 Å². The number of carbonyl (C=O) groups is 3. The second-order valence-corrected chi connectivity index (χ2v) is 9.67. The Morgan fingerprint density at radius 3 is 2.86 bits per heavy atom. The number of esters is 1. The van der Waals surface area contributed by atoms with Crippen LogP contribution in [0, 0.1) is 6.92 Å². The van der Waals surface area contributed by atoms with Gasteiger partial charge in [-0.2, -0.15) is 0 Å². The van der Waals surface area contributed by atoms with Gasteiger partial charge in [0.2, 0.25) is 11.7 Å². The monoisotopic (exact) mass is 519 g/mol. The van der Waals surface area contributed by atoms with Crippen molar-refractivity contribution in [2.75, 3.05) is 24.3 Å². The van der Waals surface area contributed by atoms with E-state index in [4.69, 9.17) is 19.6 Å². The molecule has 0 aliphatic carbocycles. The zero-order chi connectivity index (χ0) is 24.9. The van der Waals surface area contributed by atoms with E-state index in [0.29, 0.717) is 35.5 Å². The predicted molar refractivity (Wildman–Crippen MR) is 130 cm³/mol. The Hall–Kier alpha value is -3.16. The summed E-state index contributed by atoms with van der Waals surface area (Å²) in [5.41, 5.74) is 5.94. The minimum Gasteiger partial charge on any atom is -0.462 e. The van der Waals surface area contributed by atoms with Gasteiger partial charge >= 0.3 is 5.97 Å². The van der Waals surface area contributed by atoms with Gasteiger partial charge in [-0.25, -0.2) is 4.79 Å². The van der Waals surface area contributed by atoms with E-state index in [2.05, 4.69) is 15.5 Å². The van der Waals surface area contributed by atoms with Crippen LogP contribution in [-0.2, 0) is 20.8 Å². The number of furan rings is 1. The fourth-order valence-electron chi connectivity index (χ4n) is 3.72. The van der Waals surface area contributed by atoms with E-state index in [0.717, 1.165) is 24.2 Å². The molecule has 1 saturated heterocycles. The Morgan fingerprint density at radius 2 is 2.20 bits per heavy atom. The number of amides is 2. The van der Waals surface area contributed by atoms with Gasteiger partial charge in [0, 0.05) is 6.61 Å². The zero-order valence-corrected chi connectivity index (χ0v) is 20.9. The highest BCUT2D eigenvalue weighted by atomic mass is 32.2. The molecule has 13 heteroatoms. The van der Waals surface area contributed by atoms with Crippen molar-refractivity contribution in [3.8, 4) is 11.6 Å². The van der Waals surface area contributed by atoms with Crippen molar-refractivity contribution in [3.63, 3.8) is 0 Å². The minimum atomic E-state index is -0.680. The summed E-state index contributed by atoms with van der Waals surface area (Å²) in [6.45, 7) is 4.67. The second-order valence-electron chi connectivity index (χ2n) is 7.71. The fourth-order valence-corrected chi connectivity index (χ4v) is 5.53. The molecule has 11 nitrogen and oxygen atoms in total. The maximum atomic E-state index is 12.8. The summed E-state index contributed by atoms with van der Waals surface area (Å²) in [7, 11) is 0. The molecule has 0 saturated carbocycles. The van der Waals surface area contributed by atoms with Gasteiger partial charge in [0.1, 0.15) is 5.00 Å². The summed E-state index contributed by atoms with van der Waals surface area (Å²) in [6.07, 6.45) is 3.51. The first kappa shape index (κ1) is 24.9. The van der Waals surface area contributed by atoms with Gasteiger partial charge in [-0.15, -0.1) is 21.5 Å². The number of aromatic nitrogens is 3. The molecular weight excluding hydrogens is 494 g/mol. The average Bonchev–Trinajstić information content (AvgIpc) is 3.61. The first-order valence-electron chi connectivity index (χ1n) is 11.0. The van der Waals surface area contributed by atoms with Crippen molar-refractivity contribution >= 4 is 45.9 Å². The van der Waals surface area contributed by atoms with E-state index in [1.807, 2.05) is 4.57 Å². The number of nitrogens with zero attached hydrogens (tertiary/aromatic N) is 3. The molecule has 1 aliphatic heterocycles. The predicted octanol–water partition coefficient (Wildman–Crippen LogP) is 3.09. The summed E-state index contributed by atoms with van der Waals surface area (Å²) >= 11 is 2.14. The smallest absolute Gasteiger partial charge is 0.341 e. The molecule has 35 heavy (non-hydrogen) atoms. The Bertz CT molecular complexity index is 1210. The quantitative estimate of drug-likeness (QED) is 0.304. The van der Waals surface area contributed by atoms with Gasteiger partial charge in [0.05, 0.1) is 41.7 Å². The van der Waals surface area contributed by atoms with Crippen LogP contribution in [0.25, 0.3) is 11.6 Å². The van der Waals surface area contributed by atoms with Crippen LogP contribution in [0.15, 0.2) is 28.0 Å². The minimum absolute atomic E-state index is 0.00701. The fraction of sp³-hybridized carbons (Fsp3) is 0.409. The second kappa shape index (κ2) is 11.1. The van der Waals surface area contributed by atoms with Gasteiger partial charge in [0.25, 0.3) is 5.91 Å². The Kier molecular flexibility index (Phi) is 7.88. The number of ether oxygens (including phenoxy) is 2. The molecule has 4 heterocycles. The van der Waals surface area contributed by atoms with Crippen LogP contribution >= 0.6 is 23.1 Å². The highest BCUT2D eigenvalue weighted by Crippen LogP contribution is 2.34. The molecule has 3 aromatic rings. The summed E-state index contributed by atoms with van der Waals surface area (Å²) in [4.78, 5) is 37.2. The summed E-state index contributed by atoms with van der Waals surface area (Å²) < 4.78 is 18.2. The molecule has 3 aromatic heterocycles. The lowest BCUT2D eigenvalue weighted by Gasteiger charge is -2.14. The lowest BCUT2D eigenvalue weighted by Crippen LogP contribution is -2.18. The maximum absolute atomic E-state index is 12.8. The summed E-state index contributed by atoms with van der Waals surface area (Å²) in [5, 5.41) is 12.0. The number of anilines is 1. The standard InChI is InChI=1S/C22H25N5O6S2/c1-3-31-21(30)16-12(2)17(18(23)29)35-20(16)24-15(28)11-34-22-26-25-19(14-7-5-9-33-14)27(22)10-13-6-4-8-32-13/h5,7,9,13H,3-4,6,8,10-11H2,1-2H3,(H2,23,29)(H,24,28). The van der Waals surface area contributed by atoms with Gasteiger partial charge < -0.3 is 24.9 Å². The highest BCUT2D eigenvalue weighted by molar-refractivity contribution is 7.99. The van der Waals surface area contributed by atoms with E-state index in [1.165, 1.54) is 11.8 Å². The van der Waals surface area contributed by atoms with Gasteiger partial charge in [0.15, 0.2) is 10.9 Å². The number of carbonyl (C=O) groups excluding carboxylic acids is 3. The van der Waals surface area contributed by atoms with E-state index >= 15 is 0 Å². The lowest BCUT2D eigenvalue weighted by molar-refractivity contribution is -0.113. The molecule has 1 aliphatic rings. The van der Waals surface area contributed by atoms with Gasteiger partial charge in [-0.1, -0.05) is 11.8 Å². The lowest BCUT2D eigenvalue weighted by atomic mass is 10.1. The SMILES string of the molecule is CCOC(=O)c1c(NC(=O)CSc2nnc(-c3ccco3)n2CC2CCCO2)sc(C(N)=O)c1C. The largest absolute Gasteiger partial charge is 0.462 e. The zero-order valence-electron chi connectivity index (χ0n) is 19.2. The number of hydrogen-bond donors (Lipinski definition) is 2. The molecule has 0 spiro atoms. The van der Waals surface area contributed by atoms with E-state index in [1.54, 1.807) is 32.2 Å². The number of primary amides is 1. The third kappa shape index (κ3) is 5.57. The number of hydrogen-bond acceptors (Lipinski definition) is 10. The van der Waals surface area contributed by atoms with Crippen molar-refractivity contribution in [2.24, 2.45) is 5.73 Å². The number of nitrogens with one attached hydrogen (secondary N) is 1. The van der Waals surface area contributed by atoms with Crippen molar-refractivity contribution in [2.45, 2.75) is 44.5 Å². The van der Waals surface area contributed by atoms with Crippen LogP contribution in [-0.4, -0.2) is 57.6 Å². The topological polar surface area (TPSA) is 152 Å². The third-order valence-electron chi connectivity index (χ3n) is 5.30. The number of nitrogens with two attached hydrogens (primary N) is 1. The number of rotatable bonds is 10. The van der Waals surface area contributed by atoms with Crippen molar-refractivity contribution < 1.29 is 28.3 Å². The summed E-state index contributed by atoms with van der Waals surface area (Å²) in [5.74, 6) is -0.579. The van der Waals surface area contributed by atoms with Crippen LogP contribution in [0.3, 0.4) is 0 Å².